The van der Waals surface area contributed by atoms with Gasteiger partial charge in [-0.25, -0.2) is 9.97 Å². The van der Waals surface area contributed by atoms with Gasteiger partial charge in [0.1, 0.15) is 5.82 Å². The van der Waals surface area contributed by atoms with Gasteiger partial charge in [-0.2, -0.15) is 0 Å². The first-order valence-corrected chi connectivity index (χ1v) is 9.75. The number of anilines is 1. The Morgan fingerprint density at radius 3 is 2.55 bits per heavy atom. The lowest BCUT2D eigenvalue weighted by atomic mass is 10.1. The largest absolute Gasteiger partial charge is 0.322 e. The summed E-state index contributed by atoms with van der Waals surface area (Å²) in [7, 11) is 0. The van der Waals surface area contributed by atoms with E-state index in [1.165, 1.54) is 0 Å². The lowest BCUT2D eigenvalue weighted by Gasteiger charge is -2.14. The predicted octanol–water partition coefficient (Wildman–Crippen LogP) is 4.41. The van der Waals surface area contributed by atoms with Gasteiger partial charge < -0.3 is 5.32 Å². The van der Waals surface area contributed by atoms with Gasteiger partial charge in [0.2, 0.25) is 0 Å². The second kappa shape index (κ2) is 7.60. The molecule has 0 aliphatic carbocycles. The number of benzene rings is 2. The summed E-state index contributed by atoms with van der Waals surface area (Å²) in [5.41, 5.74) is 3.03. The third-order valence-electron chi connectivity index (χ3n) is 4.63. The van der Waals surface area contributed by atoms with Gasteiger partial charge in [0.25, 0.3) is 11.5 Å². The number of pyridine rings is 1. The number of carbonyl (C=O) groups excluding carboxylic acids is 1. The smallest absolute Gasteiger partial charge is 0.267 e. The standard InChI is InChI=1S/C22H17BrN4O2/c1-13-12-17(27-14(2)25-20-18(22(27)29)4-3-11-24-20)9-10-19(13)26-21(28)15-5-7-16(23)8-6-15/h3-12H,1-2H3,(H,26,28). The fraction of sp³-hybridized carbons (Fsp3) is 0.0909. The van der Waals surface area contributed by atoms with Crippen LogP contribution in [-0.2, 0) is 0 Å². The summed E-state index contributed by atoms with van der Waals surface area (Å²) in [5.74, 6) is 0.354. The van der Waals surface area contributed by atoms with Crippen LogP contribution in [0.1, 0.15) is 21.7 Å². The highest BCUT2D eigenvalue weighted by Crippen LogP contribution is 2.21. The molecule has 0 aliphatic heterocycles. The molecular formula is C22H17BrN4O2. The number of nitrogens with one attached hydrogen (secondary N) is 1. The van der Waals surface area contributed by atoms with Gasteiger partial charge in [0.15, 0.2) is 5.65 Å². The van der Waals surface area contributed by atoms with E-state index in [1.54, 1.807) is 54.1 Å². The normalized spacial score (nSPS) is 10.9. The molecule has 1 N–H and O–H groups in total. The van der Waals surface area contributed by atoms with Crippen molar-refractivity contribution in [2.45, 2.75) is 13.8 Å². The highest BCUT2D eigenvalue weighted by Gasteiger charge is 2.13. The Balaban J connectivity index is 1.69. The van der Waals surface area contributed by atoms with Crippen molar-refractivity contribution in [1.29, 1.82) is 0 Å². The summed E-state index contributed by atoms with van der Waals surface area (Å²) in [4.78, 5) is 34.0. The highest BCUT2D eigenvalue weighted by molar-refractivity contribution is 9.10. The predicted molar refractivity (Wildman–Crippen MR) is 117 cm³/mol. The highest BCUT2D eigenvalue weighted by atomic mass is 79.9. The maximum absolute atomic E-state index is 12.9. The van der Waals surface area contributed by atoms with Gasteiger partial charge in [-0.1, -0.05) is 15.9 Å². The van der Waals surface area contributed by atoms with Crippen LogP contribution in [0.5, 0.6) is 0 Å². The zero-order valence-corrected chi connectivity index (χ0v) is 17.4. The number of hydrogen-bond donors (Lipinski definition) is 1. The molecule has 4 aromatic rings. The summed E-state index contributed by atoms with van der Waals surface area (Å²) >= 11 is 3.36. The van der Waals surface area contributed by atoms with Gasteiger partial charge in [-0.3, -0.25) is 14.2 Å². The Hall–Kier alpha value is -3.32. The summed E-state index contributed by atoms with van der Waals surface area (Å²) in [6.45, 7) is 3.66. The number of amides is 1. The third-order valence-corrected chi connectivity index (χ3v) is 5.16. The van der Waals surface area contributed by atoms with Gasteiger partial charge in [-0.15, -0.1) is 0 Å². The molecular weight excluding hydrogens is 432 g/mol. The fourth-order valence-electron chi connectivity index (χ4n) is 3.15. The molecule has 6 nitrogen and oxygen atoms in total. The van der Waals surface area contributed by atoms with Gasteiger partial charge >= 0.3 is 0 Å². The molecule has 0 bridgehead atoms. The van der Waals surface area contributed by atoms with Gasteiger partial charge in [0, 0.05) is 21.9 Å². The van der Waals surface area contributed by atoms with Crippen molar-refractivity contribution in [3.63, 3.8) is 0 Å². The van der Waals surface area contributed by atoms with E-state index in [0.717, 1.165) is 10.0 Å². The van der Waals surface area contributed by atoms with Crippen LogP contribution in [0.2, 0.25) is 0 Å². The van der Waals surface area contributed by atoms with E-state index < -0.39 is 0 Å². The summed E-state index contributed by atoms with van der Waals surface area (Å²) < 4.78 is 2.46. The van der Waals surface area contributed by atoms with Crippen LogP contribution in [0.25, 0.3) is 16.7 Å². The van der Waals surface area contributed by atoms with Crippen LogP contribution in [0, 0.1) is 13.8 Å². The lowest BCUT2D eigenvalue weighted by molar-refractivity contribution is 0.102. The number of aryl methyl sites for hydroxylation is 2. The van der Waals surface area contributed by atoms with E-state index in [-0.39, 0.29) is 11.5 Å². The van der Waals surface area contributed by atoms with Crippen LogP contribution in [-0.4, -0.2) is 20.4 Å². The minimum atomic E-state index is -0.194. The quantitative estimate of drug-likeness (QED) is 0.503. The topological polar surface area (TPSA) is 76.9 Å². The molecule has 0 spiro atoms. The summed E-state index contributed by atoms with van der Waals surface area (Å²) in [6.07, 6.45) is 1.62. The minimum absolute atomic E-state index is 0.174. The average Bonchev–Trinajstić information content (AvgIpc) is 2.70. The fourth-order valence-corrected chi connectivity index (χ4v) is 3.42. The zero-order chi connectivity index (χ0) is 20.5. The summed E-state index contributed by atoms with van der Waals surface area (Å²) in [5, 5.41) is 3.38. The Labute approximate surface area is 175 Å². The molecule has 2 aromatic carbocycles. The van der Waals surface area contributed by atoms with Crippen molar-refractivity contribution in [2.24, 2.45) is 0 Å². The van der Waals surface area contributed by atoms with Crippen molar-refractivity contribution in [3.05, 3.63) is 92.6 Å². The van der Waals surface area contributed by atoms with Crippen LogP contribution in [0.4, 0.5) is 5.69 Å². The van der Waals surface area contributed by atoms with Crippen molar-refractivity contribution in [1.82, 2.24) is 14.5 Å². The van der Waals surface area contributed by atoms with E-state index in [9.17, 15) is 9.59 Å². The molecule has 0 radical (unpaired) electrons. The van der Waals surface area contributed by atoms with E-state index in [1.807, 2.05) is 25.1 Å². The van der Waals surface area contributed by atoms with Crippen LogP contribution >= 0.6 is 15.9 Å². The first-order valence-electron chi connectivity index (χ1n) is 8.96. The van der Waals surface area contributed by atoms with E-state index in [4.69, 9.17) is 0 Å². The Bertz CT molecular complexity index is 1300. The summed E-state index contributed by atoms with van der Waals surface area (Å²) in [6, 6.07) is 16.0. The maximum atomic E-state index is 12.9. The Kier molecular flexibility index (Phi) is 4.98. The first-order chi connectivity index (χ1) is 13.9. The van der Waals surface area contributed by atoms with E-state index in [2.05, 4.69) is 31.2 Å². The number of aromatic nitrogens is 3. The molecule has 0 fully saturated rings. The Morgan fingerprint density at radius 2 is 1.83 bits per heavy atom. The first kappa shape index (κ1) is 19.0. The lowest BCUT2D eigenvalue weighted by Crippen LogP contribution is -2.23. The average molecular weight is 449 g/mol. The Morgan fingerprint density at radius 1 is 1.07 bits per heavy atom. The number of nitrogens with zero attached hydrogens (tertiary/aromatic N) is 3. The molecule has 29 heavy (non-hydrogen) atoms. The monoisotopic (exact) mass is 448 g/mol. The molecule has 1 amide bonds. The molecule has 4 rings (SSSR count). The molecule has 0 atom stereocenters. The van der Waals surface area contributed by atoms with Crippen LogP contribution in [0.3, 0.4) is 0 Å². The molecule has 2 aromatic heterocycles. The van der Waals surface area contributed by atoms with Crippen molar-refractivity contribution in [2.75, 3.05) is 5.32 Å². The zero-order valence-electron chi connectivity index (χ0n) is 15.8. The van der Waals surface area contributed by atoms with Gasteiger partial charge in [0.05, 0.1) is 11.1 Å². The second-order valence-electron chi connectivity index (χ2n) is 6.63. The molecule has 2 heterocycles. The number of rotatable bonds is 3. The van der Waals surface area contributed by atoms with E-state index >= 15 is 0 Å². The molecule has 0 aliphatic rings. The number of hydrogen-bond acceptors (Lipinski definition) is 4. The number of carbonyl (C=O) groups is 1. The third kappa shape index (κ3) is 3.69. The molecule has 144 valence electrons. The molecule has 0 saturated heterocycles. The van der Waals surface area contributed by atoms with E-state index in [0.29, 0.717) is 33.8 Å². The van der Waals surface area contributed by atoms with Gasteiger partial charge in [-0.05, 0) is 74.0 Å². The number of fused-ring (bicyclic) bond motifs is 1. The SMILES string of the molecule is Cc1cc(-n2c(C)nc3ncccc3c2=O)ccc1NC(=O)c1ccc(Br)cc1. The molecule has 7 heteroatoms. The minimum Gasteiger partial charge on any atom is -0.322 e. The van der Waals surface area contributed by atoms with Crippen molar-refractivity contribution < 1.29 is 4.79 Å². The number of halogens is 1. The van der Waals surface area contributed by atoms with Crippen LogP contribution in [0.15, 0.2) is 70.1 Å². The maximum Gasteiger partial charge on any atom is 0.267 e. The molecule has 0 saturated carbocycles. The van der Waals surface area contributed by atoms with Crippen LogP contribution < -0.4 is 10.9 Å². The van der Waals surface area contributed by atoms with Crippen molar-refractivity contribution in [3.8, 4) is 5.69 Å². The molecule has 0 unspecified atom stereocenters. The second-order valence-corrected chi connectivity index (χ2v) is 7.55. The van der Waals surface area contributed by atoms with Crippen molar-refractivity contribution >= 4 is 38.6 Å².